The summed E-state index contributed by atoms with van der Waals surface area (Å²) >= 11 is 0. The molecular formula is C19H27FN4O2. The highest BCUT2D eigenvalue weighted by atomic mass is 19.1. The van der Waals surface area contributed by atoms with Gasteiger partial charge in [-0.2, -0.15) is 0 Å². The molecule has 0 aliphatic carbocycles. The van der Waals surface area contributed by atoms with Crippen molar-refractivity contribution in [2.75, 3.05) is 17.2 Å². The number of anilines is 2. The second kappa shape index (κ2) is 8.21. The molecule has 2 aromatic rings. The number of nitrogens with two attached hydrogens (primary N) is 1. The van der Waals surface area contributed by atoms with Crippen LogP contribution in [0.1, 0.15) is 33.3 Å². The van der Waals surface area contributed by atoms with Gasteiger partial charge in [0.1, 0.15) is 17.3 Å². The molecule has 0 saturated heterocycles. The van der Waals surface area contributed by atoms with E-state index in [2.05, 4.69) is 4.98 Å². The van der Waals surface area contributed by atoms with E-state index in [1.54, 1.807) is 12.1 Å². The van der Waals surface area contributed by atoms with Crippen molar-refractivity contribution in [1.82, 2.24) is 9.55 Å². The van der Waals surface area contributed by atoms with Gasteiger partial charge in [-0.1, -0.05) is 39.8 Å². The zero-order chi connectivity index (χ0) is 19.4. The molecule has 3 N–H and O–H groups in total. The summed E-state index contributed by atoms with van der Waals surface area (Å²) in [5, 5.41) is 0. The molecule has 0 spiro atoms. The number of nitrogens with zero attached hydrogens (tertiary/aromatic N) is 2. The minimum atomic E-state index is -0.524. The Hall–Kier alpha value is -2.57. The van der Waals surface area contributed by atoms with E-state index in [0.29, 0.717) is 19.6 Å². The zero-order valence-corrected chi connectivity index (χ0v) is 15.8. The average molecular weight is 362 g/mol. The van der Waals surface area contributed by atoms with Crippen molar-refractivity contribution >= 4 is 11.5 Å². The number of rotatable bonds is 7. The molecule has 0 unspecified atom stereocenters. The van der Waals surface area contributed by atoms with Gasteiger partial charge in [-0.15, -0.1) is 0 Å². The number of halogens is 1. The van der Waals surface area contributed by atoms with Crippen LogP contribution in [0.2, 0.25) is 0 Å². The summed E-state index contributed by atoms with van der Waals surface area (Å²) in [6.07, 6.45) is 0. The summed E-state index contributed by atoms with van der Waals surface area (Å²) in [6.45, 7) is 9.25. The first-order valence-electron chi connectivity index (χ1n) is 8.81. The third kappa shape index (κ3) is 4.74. The fraction of sp³-hybridized carbons (Fsp3) is 0.474. The summed E-state index contributed by atoms with van der Waals surface area (Å²) in [5.41, 5.74) is 6.16. The first-order chi connectivity index (χ1) is 12.2. The van der Waals surface area contributed by atoms with Gasteiger partial charge in [0, 0.05) is 19.6 Å². The van der Waals surface area contributed by atoms with E-state index in [4.69, 9.17) is 5.73 Å². The molecular weight excluding hydrogens is 335 g/mol. The molecule has 0 aliphatic rings. The van der Waals surface area contributed by atoms with Crippen LogP contribution < -0.4 is 21.9 Å². The standard InChI is InChI=1S/C19H27FN4O2/c1-12(2)9-23(11-14-6-5-7-15(20)8-14)16-17(21)24(10-13(3)4)19(26)22-18(16)25/h5-8,12-13H,9-11,21H2,1-4H3,(H,22,25,26). The molecule has 0 aliphatic heterocycles. The second-order valence-electron chi connectivity index (χ2n) is 7.40. The van der Waals surface area contributed by atoms with Crippen LogP contribution in [-0.2, 0) is 13.1 Å². The lowest BCUT2D eigenvalue weighted by atomic mass is 10.1. The number of nitrogen functional groups attached to an aromatic ring is 1. The van der Waals surface area contributed by atoms with Crippen molar-refractivity contribution < 1.29 is 4.39 Å². The second-order valence-corrected chi connectivity index (χ2v) is 7.40. The molecule has 2 rings (SSSR count). The summed E-state index contributed by atoms with van der Waals surface area (Å²) in [5.74, 6) is 0.242. The Bertz CT molecular complexity index is 871. The van der Waals surface area contributed by atoms with Crippen LogP contribution in [0.5, 0.6) is 0 Å². The molecule has 6 nitrogen and oxygen atoms in total. The van der Waals surface area contributed by atoms with Crippen LogP contribution in [0.25, 0.3) is 0 Å². The van der Waals surface area contributed by atoms with Crippen LogP contribution in [-0.4, -0.2) is 16.1 Å². The lowest BCUT2D eigenvalue weighted by Gasteiger charge is -2.28. The van der Waals surface area contributed by atoms with Gasteiger partial charge in [-0.25, -0.2) is 9.18 Å². The van der Waals surface area contributed by atoms with Gasteiger partial charge in [0.05, 0.1) is 0 Å². The van der Waals surface area contributed by atoms with Gasteiger partial charge >= 0.3 is 5.69 Å². The van der Waals surface area contributed by atoms with Crippen LogP contribution in [0.4, 0.5) is 15.9 Å². The predicted molar refractivity (Wildman–Crippen MR) is 103 cm³/mol. The maximum Gasteiger partial charge on any atom is 0.330 e. The zero-order valence-electron chi connectivity index (χ0n) is 15.8. The SMILES string of the molecule is CC(C)CN(Cc1cccc(F)c1)c1c(N)n(CC(C)C)c(=O)[nH]c1=O. The van der Waals surface area contributed by atoms with Crippen molar-refractivity contribution in [3.05, 3.63) is 56.5 Å². The minimum Gasteiger partial charge on any atom is -0.383 e. The molecule has 1 aromatic heterocycles. The number of aromatic amines is 1. The van der Waals surface area contributed by atoms with E-state index in [-0.39, 0.29) is 29.2 Å². The van der Waals surface area contributed by atoms with Gasteiger partial charge in [-0.05, 0) is 29.5 Å². The van der Waals surface area contributed by atoms with Crippen molar-refractivity contribution in [3.63, 3.8) is 0 Å². The quantitative estimate of drug-likeness (QED) is 0.793. The Morgan fingerprint density at radius 1 is 1.19 bits per heavy atom. The highest BCUT2D eigenvalue weighted by Crippen LogP contribution is 2.21. The number of H-pyrrole nitrogens is 1. The normalized spacial score (nSPS) is 11.3. The predicted octanol–water partition coefficient (Wildman–Crippen LogP) is 2.58. The molecule has 1 aromatic carbocycles. The van der Waals surface area contributed by atoms with Gasteiger partial charge in [0.15, 0.2) is 0 Å². The van der Waals surface area contributed by atoms with E-state index in [1.165, 1.54) is 16.7 Å². The summed E-state index contributed by atoms with van der Waals surface area (Å²) in [4.78, 5) is 28.8. The van der Waals surface area contributed by atoms with Crippen molar-refractivity contribution in [2.24, 2.45) is 11.8 Å². The molecule has 0 atom stereocenters. The molecule has 26 heavy (non-hydrogen) atoms. The summed E-state index contributed by atoms with van der Waals surface area (Å²) in [6, 6.07) is 6.23. The van der Waals surface area contributed by atoms with E-state index in [1.807, 2.05) is 32.6 Å². The third-order valence-corrected chi connectivity index (χ3v) is 3.93. The Labute approximate surface area is 152 Å². The maximum atomic E-state index is 13.5. The number of hydrogen-bond acceptors (Lipinski definition) is 4. The first kappa shape index (κ1) is 19.8. The highest BCUT2D eigenvalue weighted by molar-refractivity contribution is 5.62. The fourth-order valence-corrected chi connectivity index (χ4v) is 2.96. The Kier molecular flexibility index (Phi) is 6.23. The number of aromatic nitrogens is 2. The van der Waals surface area contributed by atoms with Crippen molar-refractivity contribution in [1.29, 1.82) is 0 Å². The van der Waals surface area contributed by atoms with Gasteiger partial charge < -0.3 is 10.6 Å². The van der Waals surface area contributed by atoms with Crippen molar-refractivity contribution in [2.45, 2.75) is 40.8 Å². The van der Waals surface area contributed by atoms with Crippen molar-refractivity contribution in [3.8, 4) is 0 Å². The molecule has 1 heterocycles. The Morgan fingerprint density at radius 3 is 2.46 bits per heavy atom. The van der Waals surface area contributed by atoms with E-state index >= 15 is 0 Å². The lowest BCUT2D eigenvalue weighted by molar-refractivity contribution is 0.505. The Morgan fingerprint density at radius 2 is 1.88 bits per heavy atom. The largest absolute Gasteiger partial charge is 0.383 e. The Balaban J connectivity index is 2.53. The monoisotopic (exact) mass is 362 g/mol. The molecule has 0 amide bonds. The molecule has 0 bridgehead atoms. The number of nitrogens with one attached hydrogen (secondary N) is 1. The molecule has 142 valence electrons. The topological polar surface area (TPSA) is 84.1 Å². The molecule has 0 saturated carbocycles. The van der Waals surface area contributed by atoms with E-state index in [0.717, 1.165) is 5.56 Å². The number of benzene rings is 1. The maximum absolute atomic E-state index is 13.5. The van der Waals surface area contributed by atoms with Gasteiger partial charge in [0.2, 0.25) is 0 Å². The van der Waals surface area contributed by atoms with Gasteiger partial charge in [-0.3, -0.25) is 14.3 Å². The van der Waals surface area contributed by atoms with Crippen LogP contribution in [0, 0.1) is 17.7 Å². The third-order valence-electron chi connectivity index (χ3n) is 3.93. The lowest BCUT2D eigenvalue weighted by Crippen LogP contribution is -2.40. The fourth-order valence-electron chi connectivity index (χ4n) is 2.96. The van der Waals surface area contributed by atoms with Crippen LogP contribution >= 0.6 is 0 Å². The summed E-state index contributed by atoms with van der Waals surface area (Å²) in [7, 11) is 0. The smallest absolute Gasteiger partial charge is 0.330 e. The van der Waals surface area contributed by atoms with E-state index in [9.17, 15) is 14.0 Å². The number of hydrogen-bond donors (Lipinski definition) is 2. The van der Waals surface area contributed by atoms with Crippen LogP contribution in [0.3, 0.4) is 0 Å². The highest BCUT2D eigenvalue weighted by Gasteiger charge is 2.20. The molecule has 0 radical (unpaired) electrons. The molecule has 0 fully saturated rings. The van der Waals surface area contributed by atoms with Crippen LogP contribution in [0.15, 0.2) is 33.9 Å². The summed E-state index contributed by atoms with van der Waals surface area (Å²) < 4.78 is 14.9. The minimum absolute atomic E-state index is 0.143. The molecule has 7 heteroatoms. The average Bonchev–Trinajstić information content (AvgIpc) is 2.50. The van der Waals surface area contributed by atoms with Gasteiger partial charge in [0.25, 0.3) is 5.56 Å². The van der Waals surface area contributed by atoms with E-state index < -0.39 is 11.2 Å². The first-order valence-corrected chi connectivity index (χ1v) is 8.81.